The predicted molar refractivity (Wildman–Crippen MR) is 152 cm³/mol. The highest BCUT2D eigenvalue weighted by atomic mass is 19.1. The van der Waals surface area contributed by atoms with Crippen LogP contribution in [0, 0.1) is 11.3 Å². The summed E-state index contributed by atoms with van der Waals surface area (Å²) in [6.45, 7) is 2.27. The summed E-state index contributed by atoms with van der Waals surface area (Å²) in [7, 11) is 0. The summed E-state index contributed by atoms with van der Waals surface area (Å²) < 4.78 is 17.5. The number of aliphatic hydroxyl groups is 1. The number of hydrogen-bond donors (Lipinski definition) is 3. The molecule has 4 aromatic heterocycles. The van der Waals surface area contributed by atoms with E-state index in [1.54, 1.807) is 71.4 Å². The largest absolute Gasteiger partial charge is 0.387 e. The van der Waals surface area contributed by atoms with E-state index in [0.717, 1.165) is 0 Å². The van der Waals surface area contributed by atoms with Crippen molar-refractivity contribution in [1.29, 1.82) is 5.26 Å². The summed E-state index contributed by atoms with van der Waals surface area (Å²) in [5.41, 5.74) is 2.29. The molecule has 41 heavy (non-hydrogen) atoms. The van der Waals surface area contributed by atoms with Gasteiger partial charge in [0.1, 0.15) is 12.2 Å². The Kier molecular flexibility index (Phi) is 7.33. The maximum Gasteiger partial charge on any atom is 0.255 e. The number of rotatable bonds is 8. The monoisotopic (exact) mass is 551 g/mol. The zero-order valence-corrected chi connectivity index (χ0v) is 22.2. The van der Waals surface area contributed by atoms with Gasteiger partial charge in [0, 0.05) is 29.8 Å². The predicted octanol–water partition coefficient (Wildman–Crippen LogP) is 4.00. The first-order valence-corrected chi connectivity index (χ1v) is 12.7. The molecule has 10 nitrogen and oxygen atoms in total. The minimum Gasteiger partial charge on any atom is -0.387 e. The second kappa shape index (κ2) is 11.0. The van der Waals surface area contributed by atoms with Crippen LogP contribution >= 0.6 is 0 Å². The average molecular weight is 552 g/mol. The van der Waals surface area contributed by atoms with Crippen LogP contribution in [0.2, 0.25) is 0 Å². The van der Waals surface area contributed by atoms with Gasteiger partial charge in [-0.3, -0.25) is 19.1 Å². The molecule has 0 saturated carbocycles. The fourth-order valence-corrected chi connectivity index (χ4v) is 4.16. The summed E-state index contributed by atoms with van der Waals surface area (Å²) >= 11 is 0. The molecule has 1 amide bonds. The number of nitrogens with one attached hydrogen (secondary N) is 2. The van der Waals surface area contributed by atoms with Crippen LogP contribution in [0.3, 0.4) is 0 Å². The third kappa shape index (κ3) is 5.83. The molecule has 1 atom stereocenters. The molecule has 0 aliphatic rings. The Hall–Kier alpha value is -5.34. The van der Waals surface area contributed by atoms with E-state index in [1.807, 2.05) is 0 Å². The molecule has 0 bridgehead atoms. The standard InChI is InChI=1S/C30H26FN7O3/c1-30(2,41)27(31)18-34-29(40)23-17-33-25(26-11-10-22-13-19(15-32)16-35-38(22)26)14-24(23)36-20-6-8-21(9-7-20)37-12-4-3-5-28(37)39/h3-14,16-17,27,41H,18H2,1-2H3,(H,33,36)(H,34,40). The van der Waals surface area contributed by atoms with Crippen molar-refractivity contribution < 1.29 is 14.3 Å². The van der Waals surface area contributed by atoms with Gasteiger partial charge in [-0.2, -0.15) is 10.4 Å². The number of amides is 1. The molecule has 4 heterocycles. The van der Waals surface area contributed by atoms with Crippen molar-refractivity contribution in [1.82, 2.24) is 24.5 Å². The van der Waals surface area contributed by atoms with Gasteiger partial charge in [-0.05, 0) is 68.4 Å². The Balaban J connectivity index is 1.50. The third-order valence-corrected chi connectivity index (χ3v) is 6.50. The maximum atomic E-state index is 14.3. The summed E-state index contributed by atoms with van der Waals surface area (Å²) in [6.07, 6.45) is 2.82. The van der Waals surface area contributed by atoms with Crippen molar-refractivity contribution in [2.75, 3.05) is 11.9 Å². The van der Waals surface area contributed by atoms with E-state index in [1.165, 1.54) is 36.9 Å². The van der Waals surface area contributed by atoms with Crippen molar-refractivity contribution >= 4 is 22.8 Å². The number of nitrogens with zero attached hydrogens (tertiary/aromatic N) is 5. The van der Waals surface area contributed by atoms with Gasteiger partial charge in [0.05, 0.1) is 52.1 Å². The van der Waals surface area contributed by atoms with E-state index < -0.39 is 24.2 Å². The van der Waals surface area contributed by atoms with E-state index >= 15 is 0 Å². The van der Waals surface area contributed by atoms with E-state index in [2.05, 4.69) is 26.8 Å². The minimum atomic E-state index is -1.68. The second-order valence-corrected chi connectivity index (χ2v) is 9.94. The highest BCUT2D eigenvalue weighted by Gasteiger charge is 2.27. The molecular weight excluding hydrogens is 525 g/mol. The molecule has 206 valence electrons. The molecule has 1 unspecified atom stereocenters. The Morgan fingerprint density at radius 1 is 1.12 bits per heavy atom. The number of hydrogen-bond acceptors (Lipinski definition) is 7. The number of halogens is 1. The molecule has 0 aliphatic heterocycles. The van der Waals surface area contributed by atoms with Crippen LogP contribution in [0.4, 0.5) is 15.8 Å². The zero-order chi connectivity index (χ0) is 29.1. The molecule has 5 aromatic rings. The number of carbonyl (C=O) groups excluding carboxylic acids is 1. The molecule has 5 rings (SSSR count). The van der Waals surface area contributed by atoms with Gasteiger partial charge >= 0.3 is 0 Å². The fraction of sp³-hybridized carbons (Fsp3) is 0.167. The quantitative estimate of drug-likeness (QED) is 0.265. The second-order valence-electron chi connectivity index (χ2n) is 9.94. The number of aromatic nitrogens is 4. The Labute approximate surface area is 234 Å². The average Bonchev–Trinajstić information content (AvgIpc) is 3.39. The number of anilines is 2. The highest BCUT2D eigenvalue weighted by Crippen LogP contribution is 2.28. The summed E-state index contributed by atoms with van der Waals surface area (Å²) in [5, 5.41) is 29.2. The van der Waals surface area contributed by atoms with Crippen molar-refractivity contribution in [2.24, 2.45) is 0 Å². The lowest BCUT2D eigenvalue weighted by Gasteiger charge is -2.22. The smallest absolute Gasteiger partial charge is 0.255 e. The van der Waals surface area contributed by atoms with Gasteiger partial charge < -0.3 is 15.7 Å². The molecule has 0 radical (unpaired) electrons. The Morgan fingerprint density at radius 3 is 2.61 bits per heavy atom. The molecule has 3 N–H and O–H groups in total. The first kappa shape index (κ1) is 27.2. The van der Waals surface area contributed by atoms with Crippen LogP contribution < -0.4 is 16.2 Å². The van der Waals surface area contributed by atoms with Crippen LogP contribution in [-0.4, -0.2) is 48.5 Å². The zero-order valence-electron chi connectivity index (χ0n) is 22.2. The summed E-state index contributed by atoms with van der Waals surface area (Å²) in [4.78, 5) is 29.8. The van der Waals surface area contributed by atoms with Crippen LogP contribution in [0.1, 0.15) is 29.8 Å². The lowest BCUT2D eigenvalue weighted by Crippen LogP contribution is -2.42. The van der Waals surface area contributed by atoms with E-state index in [9.17, 15) is 24.3 Å². The Morgan fingerprint density at radius 2 is 1.90 bits per heavy atom. The van der Waals surface area contributed by atoms with Gasteiger partial charge in [0.2, 0.25) is 0 Å². The van der Waals surface area contributed by atoms with Crippen molar-refractivity contribution in [3.8, 4) is 23.1 Å². The SMILES string of the molecule is CC(C)(O)C(F)CNC(=O)c1cnc(-c2ccc3cc(C#N)cnn23)cc1Nc1ccc(-n2ccccc2=O)cc1. The number of fused-ring (bicyclic) bond motifs is 1. The lowest BCUT2D eigenvalue weighted by atomic mass is 10.0. The van der Waals surface area contributed by atoms with Crippen LogP contribution in [-0.2, 0) is 0 Å². The topological polar surface area (TPSA) is 137 Å². The number of pyridine rings is 2. The summed E-state index contributed by atoms with van der Waals surface area (Å²) in [5.74, 6) is -0.581. The highest BCUT2D eigenvalue weighted by molar-refractivity contribution is 6.00. The molecule has 0 spiro atoms. The van der Waals surface area contributed by atoms with Crippen molar-refractivity contribution in [2.45, 2.75) is 25.6 Å². The Bertz CT molecular complexity index is 1830. The number of alkyl halides is 1. The number of carbonyl (C=O) groups is 1. The van der Waals surface area contributed by atoms with Gasteiger partial charge in [-0.15, -0.1) is 0 Å². The number of benzene rings is 1. The van der Waals surface area contributed by atoms with Crippen molar-refractivity contribution in [3.63, 3.8) is 0 Å². The molecule has 0 saturated heterocycles. The van der Waals surface area contributed by atoms with Gasteiger partial charge in [0.25, 0.3) is 11.5 Å². The minimum absolute atomic E-state index is 0.153. The lowest BCUT2D eigenvalue weighted by molar-refractivity contribution is -0.00177. The first-order chi connectivity index (χ1) is 19.6. The van der Waals surface area contributed by atoms with Gasteiger partial charge in [-0.1, -0.05) is 6.07 Å². The van der Waals surface area contributed by atoms with Gasteiger partial charge in [0.15, 0.2) is 0 Å². The molecule has 0 aliphatic carbocycles. The van der Waals surface area contributed by atoms with Gasteiger partial charge in [-0.25, -0.2) is 8.91 Å². The maximum absolute atomic E-state index is 14.3. The molecule has 11 heteroatoms. The third-order valence-electron chi connectivity index (χ3n) is 6.50. The molecular formula is C30H26FN7O3. The molecule has 0 fully saturated rings. The first-order valence-electron chi connectivity index (χ1n) is 12.7. The normalized spacial score (nSPS) is 12.1. The van der Waals surface area contributed by atoms with E-state index in [4.69, 9.17) is 0 Å². The fourth-order valence-electron chi connectivity index (χ4n) is 4.16. The molecule has 1 aromatic carbocycles. The number of nitriles is 1. The summed E-state index contributed by atoms with van der Waals surface area (Å²) in [6, 6.07) is 21.0. The van der Waals surface area contributed by atoms with Crippen LogP contribution in [0.5, 0.6) is 0 Å². The van der Waals surface area contributed by atoms with Crippen LogP contribution in [0.15, 0.2) is 90.1 Å². The van der Waals surface area contributed by atoms with E-state index in [0.29, 0.717) is 39.5 Å². The van der Waals surface area contributed by atoms with Crippen LogP contribution in [0.25, 0.3) is 22.6 Å². The van der Waals surface area contributed by atoms with Crippen molar-refractivity contribution in [3.05, 3.63) is 107 Å². The van der Waals surface area contributed by atoms with E-state index in [-0.39, 0.29) is 11.1 Å².